The van der Waals surface area contributed by atoms with Crippen LogP contribution in [0.15, 0.2) is 36.4 Å². The molecule has 2 N–H and O–H groups in total. The fourth-order valence-corrected chi connectivity index (χ4v) is 3.92. The normalized spacial score (nSPS) is 11.6. The molecule has 29 heavy (non-hydrogen) atoms. The quantitative estimate of drug-likeness (QED) is 0.514. The number of benzene rings is 2. The van der Waals surface area contributed by atoms with Crippen molar-refractivity contribution in [1.29, 1.82) is 0 Å². The number of hydrogen-bond donors (Lipinski definition) is 2. The zero-order valence-corrected chi connectivity index (χ0v) is 18.2. The Balaban J connectivity index is 1.80. The van der Waals surface area contributed by atoms with E-state index in [1.54, 1.807) is 30.3 Å². The molecular weight excluding hydrogens is 435 g/mol. The molecule has 0 aliphatic carbocycles. The third-order valence-corrected chi connectivity index (χ3v) is 5.65. The number of rotatable bonds is 7. The lowest BCUT2D eigenvalue weighted by molar-refractivity contribution is 0.0976. The minimum atomic E-state index is -3.69. The molecule has 154 valence electrons. The summed E-state index contributed by atoms with van der Waals surface area (Å²) in [6.07, 6.45) is 2.00. The predicted octanol–water partition coefficient (Wildman–Crippen LogP) is 4.48. The molecule has 3 rings (SSSR count). The summed E-state index contributed by atoms with van der Waals surface area (Å²) in [5, 5.41) is 1.86. The van der Waals surface area contributed by atoms with E-state index in [1.165, 1.54) is 0 Å². The molecule has 0 aliphatic heterocycles. The molecule has 1 heterocycles. The Morgan fingerprint density at radius 1 is 1.17 bits per heavy atom. The van der Waals surface area contributed by atoms with E-state index < -0.39 is 15.9 Å². The summed E-state index contributed by atoms with van der Waals surface area (Å²) in [5.41, 5.74) is 2.43. The van der Waals surface area contributed by atoms with Crippen molar-refractivity contribution in [2.24, 2.45) is 0 Å². The number of aryl methyl sites for hydroxylation is 2. The van der Waals surface area contributed by atoms with Crippen molar-refractivity contribution in [1.82, 2.24) is 9.71 Å². The van der Waals surface area contributed by atoms with Crippen LogP contribution >= 0.6 is 23.2 Å². The number of fused-ring (bicyclic) bond motifs is 1. The molecule has 0 bridgehead atoms. The van der Waals surface area contributed by atoms with E-state index in [-0.39, 0.29) is 5.69 Å². The van der Waals surface area contributed by atoms with Crippen LogP contribution in [0.4, 0.5) is 0 Å². The fourth-order valence-electron chi connectivity index (χ4n) is 3.08. The van der Waals surface area contributed by atoms with Crippen molar-refractivity contribution in [2.45, 2.75) is 19.8 Å². The van der Waals surface area contributed by atoms with E-state index in [2.05, 4.69) is 4.98 Å². The SMILES string of the molecule is Cc1cc(OCCCc2c(C(=O)NS(C)(=O)=O)[nH]c3cccc(Cl)c23)ccc1Cl. The zero-order valence-electron chi connectivity index (χ0n) is 15.9. The van der Waals surface area contributed by atoms with Crippen molar-refractivity contribution in [3.05, 3.63) is 63.3 Å². The third-order valence-electron chi connectivity index (χ3n) is 4.35. The summed E-state index contributed by atoms with van der Waals surface area (Å²) < 4.78 is 30.7. The van der Waals surface area contributed by atoms with Gasteiger partial charge in [0, 0.05) is 15.9 Å². The highest BCUT2D eigenvalue weighted by Gasteiger charge is 2.21. The van der Waals surface area contributed by atoms with Crippen LogP contribution in [0.1, 0.15) is 28.0 Å². The van der Waals surface area contributed by atoms with Gasteiger partial charge in [-0.15, -0.1) is 0 Å². The van der Waals surface area contributed by atoms with Crippen LogP contribution in [-0.2, 0) is 16.4 Å². The third kappa shape index (κ3) is 5.23. The number of H-pyrrole nitrogens is 1. The van der Waals surface area contributed by atoms with Gasteiger partial charge in [0.15, 0.2) is 0 Å². The molecule has 0 radical (unpaired) electrons. The van der Waals surface area contributed by atoms with Gasteiger partial charge < -0.3 is 9.72 Å². The Hall–Kier alpha value is -2.22. The van der Waals surface area contributed by atoms with Gasteiger partial charge >= 0.3 is 0 Å². The number of halogens is 2. The fraction of sp³-hybridized carbons (Fsp3) is 0.250. The minimum Gasteiger partial charge on any atom is -0.494 e. The Bertz CT molecular complexity index is 1170. The first-order valence-electron chi connectivity index (χ1n) is 8.86. The van der Waals surface area contributed by atoms with Crippen molar-refractivity contribution < 1.29 is 17.9 Å². The smallest absolute Gasteiger partial charge is 0.281 e. The van der Waals surface area contributed by atoms with E-state index in [9.17, 15) is 13.2 Å². The predicted molar refractivity (Wildman–Crippen MR) is 116 cm³/mol. The summed E-state index contributed by atoms with van der Waals surface area (Å²) in [5.74, 6) is -0.0112. The first-order valence-corrected chi connectivity index (χ1v) is 11.5. The average Bonchev–Trinajstić information content (AvgIpc) is 3.00. The summed E-state index contributed by atoms with van der Waals surface area (Å²) in [4.78, 5) is 15.5. The van der Waals surface area contributed by atoms with Gasteiger partial charge in [-0.2, -0.15) is 0 Å². The lowest BCUT2D eigenvalue weighted by Crippen LogP contribution is -2.30. The molecule has 0 saturated carbocycles. The van der Waals surface area contributed by atoms with Gasteiger partial charge in [-0.1, -0.05) is 29.3 Å². The van der Waals surface area contributed by atoms with Crippen LogP contribution in [0.25, 0.3) is 10.9 Å². The lowest BCUT2D eigenvalue weighted by Gasteiger charge is -2.09. The number of carbonyl (C=O) groups excluding carboxylic acids is 1. The van der Waals surface area contributed by atoms with Crippen LogP contribution in [-0.4, -0.2) is 32.2 Å². The second kappa shape index (κ2) is 8.65. The average molecular weight is 455 g/mol. The second-order valence-electron chi connectivity index (χ2n) is 6.71. The molecule has 0 unspecified atom stereocenters. The first kappa shape index (κ1) is 21.5. The molecule has 1 amide bonds. The maximum absolute atomic E-state index is 12.5. The molecule has 0 saturated heterocycles. The summed E-state index contributed by atoms with van der Waals surface area (Å²) >= 11 is 12.4. The monoisotopic (exact) mass is 454 g/mol. The van der Waals surface area contributed by atoms with Crippen LogP contribution in [0.5, 0.6) is 5.75 Å². The van der Waals surface area contributed by atoms with Crippen LogP contribution in [0.3, 0.4) is 0 Å². The molecule has 0 atom stereocenters. The maximum Gasteiger partial charge on any atom is 0.281 e. The maximum atomic E-state index is 12.5. The van der Waals surface area contributed by atoms with E-state index >= 15 is 0 Å². The highest BCUT2D eigenvalue weighted by Crippen LogP contribution is 2.30. The number of aromatic amines is 1. The summed E-state index contributed by atoms with van der Waals surface area (Å²) in [6.45, 7) is 2.31. The second-order valence-corrected chi connectivity index (χ2v) is 9.27. The topological polar surface area (TPSA) is 88.3 Å². The van der Waals surface area contributed by atoms with E-state index in [0.717, 1.165) is 11.8 Å². The van der Waals surface area contributed by atoms with E-state index in [1.807, 2.05) is 17.7 Å². The number of nitrogens with one attached hydrogen (secondary N) is 2. The molecular formula is C20H20Cl2N2O4S. The molecule has 1 aromatic heterocycles. The Morgan fingerprint density at radius 2 is 1.93 bits per heavy atom. The van der Waals surface area contributed by atoms with Crippen LogP contribution in [0, 0.1) is 6.92 Å². The highest BCUT2D eigenvalue weighted by molar-refractivity contribution is 7.89. The van der Waals surface area contributed by atoms with Gasteiger partial charge in [0.25, 0.3) is 5.91 Å². The standard InChI is InChI=1S/C20H20Cl2N2O4S/c1-12-11-13(8-9-15(12)21)28-10-4-5-14-18-16(22)6-3-7-17(18)23-19(14)20(25)24-29(2,26)27/h3,6-9,11,23H,4-5,10H2,1-2H3,(H,24,25). The summed E-state index contributed by atoms with van der Waals surface area (Å²) in [6, 6.07) is 10.7. The van der Waals surface area contributed by atoms with Gasteiger partial charge in [0.2, 0.25) is 10.0 Å². The highest BCUT2D eigenvalue weighted by atomic mass is 35.5. The van der Waals surface area contributed by atoms with Gasteiger partial charge in [-0.25, -0.2) is 13.1 Å². The van der Waals surface area contributed by atoms with Gasteiger partial charge in [-0.05, 0) is 61.2 Å². The number of aromatic nitrogens is 1. The van der Waals surface area contributed by atoms with Crippen molar-refractivity contribution in [3.63, 3.8) is 0 Å². The summed E-state index contributed by atoms with van der Waals surface area (Å²) in [7, 11) is -3.69. The van der Waals surface area contributed by atoms with E-state index in [4.69, 9.17) is 27.9 Å². The van der Waals surface area contributed by atoms with Gasteiger partial charge in [0.1, 0.15) is 11.4 Å². The lowest BCUT2D eigenvalue weighted by atomic mass is 10.1. The van der Waals surface area contributed by atoms with Gasteiger partial charge in [-0.3, -0.25) is 4.79 Å². The first-order chi connectivity index (χ1) is 13.7. The number of sulfonamides is 1. The number of amides is 1. The molecule has 3 aromatic rings. The van der Waals surface area contributed by atoms with Crippen LogP contribution < -0.4 is 9.46 Å². The molecule has 0 fully saturated rings. The Morgan fingerprint density at radius 3 is 2.62 bits per heavy atom. The largest absolute Gasteiger partial charge is 0.494 e. The minimum absolute atomic E-state index is 0.181. The van der Waals surface area contributed by atoms with Crippen molar-refractivity contribution in [3.8, 4) is 5.75 Å². The van der Waals surface area contributed by atoms with Crippen molar-refractivity contribution >= 4 is 50.0 Å². The molecule has 6 nitrogen and oxygen atoms in total. The van der Waals surface area contributed by atoms with E-state index in [0.29, 0.717) is 51.7 Å². The Kier molecular flexibility index (Phi) is 6.41. The van der Waals surface area contributed by atoms with Gasteiger partial charge in [0.05, 0.1) is 17.9 Å². The number of carbonyl (C=O) groups is 1. The molecule has 2 aromatic carbocycles. The zero-order chi connectivity index (χ0) is 21.2. The molecule has 0 spiro atoms. The van der Waals surface area contributed by atoms with Crippen LogP contribution in [0.2, 0.25) is 10.0 Å². The Labute approximate surface area is 179 Å². The number of hydrogen-bond acceptors (Lipinski definition) is 4. The van der Waals surface area contributed by atoms with Crippen molar-refractivity contribution in [2.75, 3.05) is 12.9 Å². The molecule has 0 aliphatic rings. The molecule has 9 heteroatoms. The number of ether oxygens (including phenoxy) is 1.